The van der Waals surface area contributed by atoms with E-state index in [4.69, 9.17) is 0 Å². The van der Waals surface area contributed by atoms with E-state index in [-0.39, 0.29) is 5.97 Å². The summed E-state index contributed by atoms with van der Waals surface area (Å²) in [7, 11) is 1.34. The minimum absolute atomic E-state index is 0.361. The summed E-state index contributed by atoms with van der Waals surface area (Å²) in [5.41, 5.74) is 0.479. The Kier molecular flexibility index (Phi) is 2.39. The van der Waals surface area contributed by atoms with E-state index in [0.29, 0.717) is 9.35 Å². The molecular weight excluding hydrogens is 218 g/mol. The van der Waals surface area contributed by atoms with Crippen LogP contribution in [0.25, 0.3) is 0 Å². The van der Waals surface area contributed by atoms with Crippen molar-refractivity contribution >= 4 is 33.4 Å². The number of halogens is 1. The first-order valence-electron chi connectivity index (χ1n) is 2.44. The summed E-state index contributed by atoms with van der Waals surface area (Å²) in [6, 6.07) is 0. The van der Waals surface area contributed by atoms with Crippen LogP contribution in [0.5, 0.6) is 0 Å². The zero-order chi connectivity index (χ0) is 7.56. The van der Waals surface area contributed by atoms with Gasteiger partial charge in [0, 0.05) is 0 Å². The second-order valence-electron chi connectivity index (χ2n) is 1.50. The molecule has 0 saturated heterocycles. The fourth-order valence-corrected chi connectivity index (χ4v) is 1.47. The Balaban J connectivity index is 2.93. The first-order chi connectivity index (χ1) is 4.75. The maximum atomic E-state index is 10.8. The van der Waals surface area contributed by atoms with Crippen molar-refractivity contribution in [3.63, 3.8) is 0 Å². The highest BCUT2D eigenvalue weighted by atomic mass is 79.9. The minimum Gasteiger partial charge on any atom is -0.465 e. The van der Waals surface area contributed by atoms with Crippen LogP contribution in [-0.2, 0) is 4.74 Å². The van der Waals surface area contributed by atoms with Crippen LogP contribution in [0.1, 0.15) is 10.4 Å². The van der Waals surface area contributed by atoms with Crippen LogP contribution in [0, 0.1) is 0 Å². The van der Waals surface area contributed by atoms with E-state index in [2.05, 4.69) is 25.0 Å². The van der Waals surface area contributed by atoms with Crippen molar-refractivity contribution in [3.05, 3.63) is 15.5 Å². The van der Waals surface area contributed by atoms with Gasteiger partial charge in [0.2, 0.25) is 0 Å². The summed E-state index contributed by atoms with van der Waals surface area (Å²) in [5.74, 6) is -0.361. The van der Waals surface area contributed by atoms with Gasteiger partial charge in [0.15, 0.2) is 0 Å². The number of aromatic nitrogens is 1. The Morgan fingerprint density at radius 3 is 3.00 bits per heavy atom. The van der Waals surface area contributed by atoms with Gasteiger partial charge >= 0.3 is 5.97 Å². The number of carbonyl (C=O) groups is 1. The number of methoxy groups -OCH3 is 1. The number of hydrogen-bond donors (Lipinski definition) is 0. The number of esters is 1. The molecule has 0 unspecified atom stereocenters. The van der Waals surface area contributed by atoms with Crippen molar-refractivity contribution in [1.82, 2.24) is 4.37 Å². The molecule has 1 rings (SSSR count). The minimum atomic E-state index is -0.361. The summed E-state index contributed by atoms with van der Waals surface area (Å²) in [5, 5.41) is 0. The standard InChI is InChI=1S/C5H4BrNO2S/c1-9-5(8)3-2-7-10-4(3)6/h2H,1H3. The highest BCUT2D eigenvalue weighted by Gasteiger charge is 2.11. The van der Waals surface area contributed by atoms with Gasteiger partial charge in [0.05, 0.1) is 13.3 Å². The van der Waals surface area contributed by atoms with Gasteiger partial charge in [-0.2, -0.15) is 4.37 Å². The summed E-state index contributed by atoms with van der Waals surface area (Å²) < 4.78 is 8.97. The van der Waals surface area contributed by atoms with Crippen molar-refractivity contribution in [2.24, 2.45) is 0 Å². The van der Waals surface area contributed by atoms with E-state index in [1.807, 2.05) is 0 Å². The second kappa shape index (κ2) is 3.12. The number of nitrogens with zero attached hydrogens (tertiary/aromatic N) is 1. The summed E-state index contributed by atoms with van der Waals surface area (Å²) in [6.45, 7) is 0. The SMILES string of the molecule is COC(=O)c1cnsc1Br. The van der Waals surface area contributed by atoms with Crippen molar-refractivity contribution in [1.29, 1.82) is 0 Å². The van der Waals surface area contributed by atoms with Crippen LogP contribution in [0.3, 0.4) is 0 Å². The van der Waals surface area contributed by atoms with Crippen LogP contribution in [0.2, 0.25) is 0 Å². The average Bonchev–Trinajstić information content (AvgIpc) is 2.34. The molecule has 0 N–H and O–H groups in total. The molecule has 1 aromatic rings. The lowest BCUT2D eigenvalue weighted by molar-refractivity contribution is 0.0600. The van der Waals surface area contributed by atoms with Crippen LogP contribution >= 0.6 is 27.5 Å². The van der Waals surface area contributed by atoms with Crippen LogP contribution in [0.15, 0.2) is 9.98 Å². The lowest BCUT2D eigenvalue weighted by Gasteiger charge is -1.92. The monoisotopic (exact) mass is 221 g/mol. The zero-order valence-corrected chi connectivity index (χ0v) is 7.53. The maximum absolute atomic E-state index is 10.8. The van der Waals surface area contributed by atoms with Gasteiger partial charge in [-0.3, -0.25) is 0 Å². The third kappa shape index (κ3) is 1.35. The van der Waals surface area contributed by atoms with Crippen molar-refractivity contribution in [3.8, 4) is 0 Å². The molecule has 0 radical (unpaired) electrons. The molecule has 0 amide bonds. The van der Waals surface area contributed by atoms with E-state index >= 15 is 0 Å². The molecule has 0 atom stereocenters. The Morgan fingerprint density at radius 2 is 2.60 bits per heavy atom. The van der Waals surface area contributed by atoms with E-state index < -0.39 is 0 Å². The van der Waals surface area contributed by atoms with Crippen LogP contribution in [0.4, 0.5) is 0 Å². The molecule has 0 aliphatic heterocycles. The molecule has 0 spiro atoms. The van der Waals surface area contributed by atoms with E-state index in [1.54, 1.807) is 0 Å². The van der Waals surface area contributed by atoms with Crippen molar-refractivity contribution < 1.29 is 9.53 Å². The molecule has 0 bridgehead atoms. The van der Waals surface area contributed by atoms with Gasteiger partial charge < -0.3 is 4.74 Å². The van der Waals surface area contributed by atoms with Crippen molar-refractivity contribution in [2.45, 2.75) is 0 Å². The average molecular weight is 222 g/mol. The molecule has 1 aromatic heterocycles. The summed E-state index contributed by atoms with van der Waals surface area (Å²) >= 11 is 4.38. The summed E-state index contributed by atoms with van der Waals surface area (Å²) in [6.07, 6.45) is 1.47. The number of rotatable bonds is 1. The fraction of sp³-hybridized carbons (Fsp3) is 0.200. The Morgan fingerprint density at radius 1 is 1.90 bits per heavy atom. The molecule has 0 aliphatic rings. The lowest BCUT2D eigenvalue weighted by atomic mass is 10.4. The smallest absolute Gasteiger partial charge is 0.341 e. The van der Waals surface area contributed by atoms with E-state index in [1.165, 1.54) is 24.8 Å². The largest absolute Gasteiger partial charge is 0.465 e. The predicted molar refractivity (Wildman–Crippen MR) is 41.2 cm³/mol. The maximum Gasteiger partial charge on any atom is 0.341 e. The highest BCUT2D eigenvalue weighted by molar-refractivity contribution is 9.11. The third-order valence-electron chi connectivity index (χ3n) is 0.932. The molecule has 0 fully saturated rings. The summed E-state index contributed by atoms with van der Waals surface area (Å²) in [4.78, 5) is 10.8. The van der Waals surface area contributed by atoms with Gasteiger partial charge in [0.1, 0.15) is 9.35 Å². The predicted octanol–water partition coefficient (Wildman–Crippen LogP) is 1.69. The number of ether oxygens (including phenoxy) is 1. The van der Waals surface area contributed by atoms with Gasteiger partial charge in [-0.05, 0) is 27.5 Å². The Bertz CT molecular complexity index is 248. The molecule has 54 valence electrons. The highest BCUT2D eigenvalue weighted by Crippen LogP contribution is 2.20. The quantitative estimate of drug-likeness (QED) is 0.678. The van der Waals surface area contributed by atoms with Gasteiger partial charge in [-0.1, -0.05) is 0 Å². The van der Waals surface area contributed by atoms with Crippen LogP contribution in [-0.4, -0.2) is 17.5 Å². The van der Waals surface area contributed by atoms with Gasteiger partial charge in [-0.25, -0.2) is 4.79 Å². The molecule has 1 heterocycles. The molecule has 10 heavy (non-hydrogen) atoms. The Hall–Kier alpha value is -0.420. The molecule has 0 saturated carbocycles. The second-order valence-corrected chi connectivity index (χ2v) is 3.62. The third-order valence-corrected chi connectivity index (χ3v) is 2.38. The first-order valence-corrected chi connectivity index (χ1v) is 4.01. The molecule has 5 heteroatoms. The number of hydrogen-bond acceptors (Lipinski definition) is 4. The zero-order valence-electron chi connectivity index (χ0n) is 5.13. The first kappa shape index (κ1) is 7.68. The topological polar surface area (TPSA) is 39.2 Å². The molecular formula is C5H4BrNO2S. The molecule has 3 nitrogen and oxygen atoms in total. The van der Waals surface area contributed by atoms with Crippen molar-refractivity contribution in [2.75, 3.05) is 7.11 Å². The van der Waals surface area contributed by atoms with Crippen LogP contribution < -0.4 is 0 Å². The molecule has 0 aliphatic carbocycles. The Labute approximate surface area is 70.3 Å². The normalized spacial score (nSPS) is 9.40. The lowest BCUT2D eigenvalue weighted by Crippen LogP contribution is -1.99. The molecule has 0 aromatic carbocycles. The van der Waals surface area contributed by atoms with E-state index in [0.717, 1.165) is 0 Å². The van der Waals surface area contributed by atoms with Gasteiger partial charge in [-0.15, -0.1) is 0 Å². The number of carbonyl (C=O) groups excluding carboxylic acids is 1. The fourth-order valence-electron chi connectivity index (χ4n) is 0.468. The van der Waals surface area contributed by atoms with Gasteiger partial charge in [0.25, 0.3) is 0 Å². The van der Waals surface area contributed by atoms with E-state index in [9.17, 15) is 4.79 Å².